The SMILES string of the molecule is C=CC(=O)NCC1(c2ccccc2)CCN(C(=O)Cc2sc(C)nc2C)CC1. The molecule has 0 radical (unpaired) electrons. The molecule has 1 saturated heterocycles. The average Bonchev–Trinajstić information content (AvgIpc) is 3.03. The summed E-state index contributed by atoms with van der Waals surface area (Å²) in [7, 11) is 0. The number of nitrogens with one attached hydrogen (secondary N) is 1. The highest BCUT2D eigenvalue weighted by Gasteiger charge is 2.37. The molecule has 28 heavy (non-hydrogen) atoms. The highest BCUT2D eigenvalue weighted by molar-refractivity contribution is 7.11. The summed E-state index contributed by atoms with van der Waals surface area (Å²) >= 11 is 1.60. The first-order valence-corrected chi connectivity index (χ1v) is 10.4. The van der Waals surface area contributed by atoms with Crippen molar-refractivity contribution < 1.29 is 9.59 Å². The fourth-order valence-corrected chi connectivity index (χ4v) is 4.79. The van der Waals surface area contributed by atoms with Crippen molar-refractivity contribution >= 4 is 23.2 Å². The van der Waals surface area contributed by atoms with Gasteiger partial charge in [0.25, 0.3) is 0 Å². The second-order valence-electron chi connectivity index (χ2n) is 7.37. The molecule has 2 amide bonds. The smallest absolute Gasteiger partial charge is 0.243 e. The quantitative estimate of drug-likeness (QED) is 0.762. The Balaban J connectivity index is 1.69. The van der Waals surface area contributed by atoms with Crippen molar-refractivity contribution in [2.24, 2.45) is 0 Å². The molecule has 0 saturated carbocycles. The van der Waals surface area contributed by atoms with Crippen LogP contribution in [-0.2, 0) is 21.4 Å². The molecule has 1 fully saturated rings. The van der Waals surface area contributed by atoms with Crippen molar-refractivity contribution in [3.63, 3.8) is 0 Å². The van der Waals surface area contributed by atoms with Crippen LogP contribution in [0.3, 0.4) is 0 Å². The highest BCUT2D eigenvalue weighted by atomic mass is 32.1. The summed E-state index contributed by atoms with van der Waals surface area (Å²) in [5.74, 6) is -0.00612. The van der Waals surface area contributed by atoms with Gasteiger partial charge in [-0.25, -0.2) is 4.98 Å². The number of likely N-dealkylation sites (tertiary alicyclic amines) is 1. The zero-order chi connectivity index (χ0) is 20.1. The lowest BCUT2D eigenvalue weighted by molar-refractivity contribution is -0.132. The second kappa shape index (κ2) is 8.69. The van der Waals surface area contributed by atoms with Crippen molar-refractivity contribution in [1.82, 2.24) is 15.2 Å². The molecule has 2 aromatic rings. The number of aryl methyl sites for hydroxylation is 2. The minimum Gasteiger partial charge on any atom is -0.352 e. The maximum Gasteiger partial charge on any atom is 0.243 e. The minimum absolute atomic E-state index is 0.156. The molecule has 0 bridgehead atoms. The van der Waals surface area contributed by atoms with Crippen molar-refractivity contribution in [3.8, 4) is 0 Å². The van der Waals surface area contributed by atoms with Gasteiger partial charge in [0.15, 0.2) is 0 Å². The van der Waals surface area contributed by atoms with Gasteiger partial charge in [0.05, 0.1) is 17.1 Å². The number of nitrogens with zero attached hydrogens (tertiary/aromatic N) is 2. The lowest BCUT2D eigenvalue weighted by Crippen LogP contribution is -2.50. The van der Waals surface area contributed by atoms with Crippen LogP contribution in [0.1, 0.15) is 34.0 Å². The third-order valence-electron chi connectivity index (χ3n) is 5.56. The first-order chi connectivity index (χ1) is 13.4. The number of aromatic nitrogens is 1. The van der Waals surface area contributed by atoms with E-state index >= 15 is 0 Å². The van der Waals surface area contributed by atoms with Crippen LogP contribution in [0.4, 0.5) is 0 Å². The first-order valence-electron chi connectivity index (χ1n) is 9.60. The lowest BCUT2D eigenvalue weighted by Gasteiger charge is -2.42. The molecule has 5 nitrogen and oxygen atoms in total. The van der Waals surface area contributed by atoms with Gasteiger partial charge in [0.1, 0.15) is 0 Å². The molecule has 0 unspecified atom stereocenters. The van der Waals surface area contributed by atoms with E-state index in [9.17, 15) is 9.59 Å². The lowest BCUT2D eigenvalue weighted by atomic mass is 9.72. The maximum absolute atomic E-state index is 12.8. The van der Waals surface area contributed by atoms with Crippen LogP contribution in [-0.4, -0.2) is 41.3 Å². The summed E-state index contributed by atoms with van der Waals surface area (Å²) in [6, 6.07) is 10.3. The van der Waals surface area contributed by atoms with E-state index in [0.29, 0.717) is 26.1 Å². The number of hydrogen-bond acceptors (Lipinski definition) is 4. The molecule has 1 N–H and O–H groups in total. The van der Waals surface area contributed by atoms with E-state index in [1.807, 2.05) is 36.9 Å². The Hall–Kier alpha value is -2.47. The van der Waals surface area contributed by atoms with E-state index in [1.54, 1.807) is 11.3 Å². The van der Waals surface area contributed by atoms with E-state index in [2.05, 4.69) is 29.0 Å². The Bertz CT molecular complexity index is 852. The van der Waals surface area contributed by atoms with Crippen molar-refractivity contribution in [3.05, 3.63) is 64.1 Å². The molecule has 1 aromatic heterocycles. The topological polar surface area (TPSA) is 62.3 Å². The molecule has 0 spiro atoms. The van der Waals surface area contributed by atoms with Gasteiger partial charge >= 0.3 is 0 Å². The zero-order valence-electron chi connectivity index (χ0n) is 16.5. The molecule has 1 aromatic carbocycles. The highest BCUT2D eigenvalue weighted by Crippen LogP contribution is 2.35. The van der Waals surface area contributed by atoms with Gasteiger partial charge in [0, 0.05) is 29.9 Å². The molecule has 3 rings (SSSR count). The van der Waals surface area contributed by atoms with Crippen molar-refractivity contribution in [1.29, 1.82) is 0 Å². The van der Waals surface area contributed by atoms with Crippen LogP contribution in [0.2, 0.25) is 0 Å². The molecule has 0 atom stereocenters. The molecule has 148 valence electrons. The van der Waals surface area contributed by atoms with Gasteiger partial charge in [0.2, 0.25) is 11.8 Å². The van der Waals surface area contributed by atoms with Gasteiger partial charge in [-0.2, -0.15) is 0 Å². The molecule has 6 heteroatoms. The zero-order valence-corrected chi connectivity index (χ0v) is 17.3. The Kier molecular flexibility index (Phi) is 6.29. The number of rotatable bonds is 6. The van der Waals surface area contributed by atoms with Gasteiger partial charge < -0.3 is 10.2 Å². The Morgan fingerprint density at radius 3 is 2.50 bits per heavy atom. The third-order valence-corrected chi connectivity index (χ3v) is 6.63. The van der Waals surface area contributed by atoms with E-state index in [4.69, 9.17) is 0 Å². The summed E-state index contributed by atoms with van der Waals surface area (Å²) in [4.78, 5) is 32.0. The number of thiazole rings is 1. The van der Waals surface area contributed by atoms with Crippen LogP contribution >= 0.6 is 11.3 Å². The van der Waals surface area contributed by atoms with Crippen LogP contribution in [0.15, 0.2) is 43.0 Å². The monoisotopic (exact) mass is 397 g/mol. The summed E-state index contributed by atoms with van der Waals surface area (Å²) in [5, 5.41) is 3.97. The first kappa shape index (κ1) is 20.3. The largest absolute Gasteiger partial charge is 0.352 e. The Morgan fingerprint density at radius 2 is 1.93 bits per heavy atom. The van der Waals surface area contributed by atoms with Gasteiger partial charge in [-0.1, -0.05) is 36.9 Å². The molecule has 0 aliphatic carbocycles. The maximum atomic E-state index is 12.8. The van der Waals surface area contributed by atoms with Crippen molar-refractivity contribution in [2.75, 3.05) is 19.6 Å². The summed E-state index contributed by atoms with van der Waals surface area (Å²) < 4.78 is 0. The molecule has 1 aliphatic rings. The second-order valence-corrected chi connectivity index (χ2v) is 8.66. The van der Waals surface area contributed by atoms with Gasteiger partial charge in [-0.05, 0) is 38.3 Å². The standard InChI is InChI=1S/C22H27N3O2S/c1-4-20(26)23-15-22(18-8-6-5-7-9-18)10-12-25(13-11-22)21(27)14-19-16(2)24-17(3)28-19/h4-9H,1,10-15H2,2-3H3,(H,23,26). The normalized spacial score (nSPS) is 15.9. The third kappa shape index (κ3) is 4.50. The summed E-state index contributed by atoms with van der Waals surface area (Å²) in [5.41, 5.74) is 2.01. The fraction of sp³-hybridized carbons (Fsp3) is 0.409. The predicted octanol–water partition coefficient (Wildman–Crippen LogP) is 3.17. The van der Waals surface area contributed by atoms with Crippen LogP contribution in [0, 0.1) is 13.8 Å². The average molecular weight is 398 g/mol. The van der Waals surface area contributed by atoms with Crippen LogP contribution in [0.5, 0.6) is 0 Å². The molecular formula is C22H27N3O2S. The van der Waals surface area contributed by atoms with Crippen molar-refractivity contribution in [2.45, 2.75) is 38.5 Å². The predicted molar refractivity (Wildman–Crippen MR) is 112 cm³/mol. The number of hydrogen-bond donors (Lipinski definition) is 1. The van der Waals surface area contributed by atoms with Crippen LogP contribution < -0.4 is 5.32 Å². The van der Waals surface area contributed by atoms with Crippen LogP contribution in [0.25, 0.3) is 0 Å². The van der Waals surface area contributed by atoms with Gasteiger partial charge in [-0.3, -0.25) is 9.59 Å². The van der Waals surface area contributed by atoms with Gasteiger partial charge in [-0.15, -0.1) is 11.3 Å². The number of carbonyl (C=O) groups excluding carboxylic acids is 2. The summed E-state index contributed by atoms with van der Waals surface area (Å²) in [6.45, 7) is 9.40. The van der Waals surface area contributed by atoms with E-state index in [-0.39, 0.29) is 17.2 Å². The minimum atomic E-state index is -0.162. The number of amides is 2. The number of carbonyl (C=O) groups is 2. The number of piperidine rings is 1. The van der Waals surface area contributed by atoms with E-state index in [1.165, 1.54) is 11.6 Å². The molecule has 1 aliphatic heterocycles. The van der Waals surface area contributed by atoms with E-state index < -0.39 is 0 Å². The molecular weight excluding hydrogens is 370 g/mol. The fourth-order valence-electron chi connectivity index (χ4n) is 3.86. The number of benzene rings is 1. The Labute approximate surface area is 170 Å². The molecule has 2 heterocycles. The summed E-state index contributed by atoms with van der Waals surface area (Å²) in [6.07, 6.45) is 3.36. The Morgan fingerprint density at radius 1 is 1.25 bits per heavy atom. The van der Waals surface area contributed by atoms with E-state index in [0.717, 1.165) is 28.4 Å².